The van der Waals surface area contributed by atoms with E-state index in [1.807, 2.05) is 0 Å². The van der Waals surface area contributed by atoms with E-state index in [1.165, 1.54) is 25.1 Å². The van der Waals surface area contributed by atoms with Crippen molar-refractivity contribution in [3.05, 3.63) is 35.6 Å². The van der Waals surface area contributed by atoms with E-state index >= 15 is 0 Å². The third-order valence-corrected chi connectivity index (χ3v) is 4.09. The fourth-order valence-electron chi connectivity index (χ4n) is 1.26. The maximum atomic E-state index is 13.3. The number of nitrogens with two attached hydrogens (primary N) is 1. The standard InChI is InChI=1S/C10H14FNO2S/c1-7(15(2,13)14)10(12)8-5-3-4-6-9(8)11/h3-7,10H,12H2,1-2H3. The second-order valence-electron chi connectivity index (χ2n) is 3.58. The van der Waals surface area contributed by atoms with Crippen molar-refractivity contribution in [3.8, 4) is 0 Å². The van der Waals surface area contributed by atoms with Gasteiger partial charge in [-0.25, -0.2) is 12.8 Å². The Balaban J connectivity index is 3.06. The van der Waals surface area contributed by atoms with Gasteiger partial charge in [-0.2, -0.15) is 0 Å². The molecular weight excluding hydrogens is 217 g/mol. The minimum atomic E-state index is -3.26. The van der Waals surface area contributed by atoms with Crippen molar-refractivity contribution >= 4 is 9.84 Å². The van der Waals surface area contributed by atoms with E-state index in [4.69, 9.17) is 5.73 Å². The SMILES string of the molecule is CC(C(N)c1ccccc1F)S(C)(=O)=O. The molecule has 0 bridgehead atoms. The van der Waals surface area contributed by atoms with E-state index in [9.17, 15) is 12.8 Å². The van der Waals surface area contributed by atoms with E-state index in [-0.39, 0.29) is 5.56 Å². The molecule has 1 rings (SSSR count). The van der Waals surface area contributed by atoms with Gasteiger partial charge in [-0.15, -0.1) is 0 Å². The van der Waals surface area contributed by atoms with Crippen LogP contribution in [0.5, 0.6) is 0 Å². The van der Waals surface area contributed by atoms with Gasteiger partial charge in [0.15, 0.2) is 9.84 Å². The Kier molecular flexibility index (Phi) is 3.46. The van der Waals surface area contributed by atoms with Gasteiger partial charge < -0.3 is 5.73 Å². The number of sulfone groups is 1. The van der Waals surface area contributed by atoms with Gasteiger partial charge >= 0.3 is 0 Å². The Morgan fingerprint density at radius 3 is 2.33 bits per heavy atom. The zero-order valence-electron chi connectivity index (χ0n) is 8.64. The maximum Gasteiger partial charge on any atom is 0.151 e. The summed E-state index contributed by atoms with van der Waals surface area (Å²) in [5, 5.41) is -0.797. The van der Waals surface area contributed by atoms with Gasteiger partial charge in [0.1, 0.15) is 5.82 Å². The van der Waals surface area contributed by atoms with E-state index in [0.29, 0.717) is 0 Å². The highest BCUT2D eigenvalue weighted by atomic mass is 32.2. The molecule has 0 saturated heterocycles. The lowest BCUT2D eigenvalue weighted by Crippen LogP contribution is -2.31. The van der Waals surface area contributed by atoms with Crippen LogP contribution in [-0.4, -0.2) is 19.9 Å². The van der Waals surface area contributed by atoms with Crippen molar-refractivity contribution in [3.63, 3.8) is 0 Å². The minimum absolute atomic E-state index is 0.232. The van der Waals surface area contributed by atoms with Gasteiger partial charge in [-0.3, -0.25) is 0 Å². The van der Waals surface area contributed by atoms with Gasteiger partial charge in [-0.05, 0) is 13.0 Å². The first-order chi connectivity index (χ1) is 6.84. The average molecular weight is 231 g/mol. The molecule has 2 N–H and O–H groups in total. The second kappa shape index (κ2) is 4.28. The van der Waals surface area contributed by atoms with Crippen molar-refractivity contribution in [2.45, 2.75) is 18.2 Å². The summed E-state index contributed by atoms with van der Waals surface area (Å²) in [5.74, 6) is -0.472. The molecule has 0 aliphatic rings. The second-order valence-corrected chi connectivity index (χ2v) is 5.98. The number of halogens is 1. The zero-order valence-corrected chi connectivity index (χ0v) is 9.46. The van der Waals surface area contributed by atoms with Crippen LogP contribution in [0.1, 0.15) is 18.5 Å². The molecule has 0 aliphatic carbocycles. The molecule has 0 aliphatic heterocycles. The molecule has 0 aromatic heterocycles. The first-order valence-corrected chi connectivity index (χ1v) is 6.48. The van der Waals surface area contributed by atoms with Crippen molar-refractivity contribution in [1.82, 2.24) is 0 Å². The van der Waals surface area contributed by atoms with Crippen LogP contribution in [0.3, 0.4) is 0 Å². The van der Waals surface area contributed by atoms with Crippen molar-refractivity contribution in [1.29, 1.82) is 0 Å². The van der Waals surface area contributed by atoms with E-state index in [1.54, 1.807) is 6.07 Å². The van der Waals surface area contributed by atoms with Crippen LogP contribution in [0, 0.1) is 5.82 Å². The molecule has 0 fully saturated rings. The molecule has 0 amide bonds. The lowest BCUT2D eigenvalue weighted by molar-refractivity contribution is 0.550. The number of rotatable bonds is 3. The quantitative estimate of drug-likeness (QED) is 0.852. The van der Waals surface area contributed by atoms with E-state index in [0.717, 1.165) is 6.26 Å². The third-order valence-electron chi connectivity index (χ3n) is 2.45. The zero-order chi connectivity index (χ0) is 11.6. The maximum absolute atomic E-state index is 13.3. The topological polar surface area (TPSA) is 60.2 Å². The highest BCUT2D eigenvalue weighted by molar-refractivity contribution is 7.91. The summed E-state index contributed by atoms with van der Waals surface area (Å²) >= 11 is 0. The Morgan fingerprint density at radius 1 is 1.33 bits per heavy atom. The van der Waals surface area contributed by atoms with Crippen LogP contribution in [0.2, 0.25) is 0 Å². The predicted octanol–water partition coefficient (Wildman–Crippen LogP) is 1.26. The van der Waals surface area contributed by atoms with Crippen LogP contribution in [0.15, 0.2) is 24.3 Å². The molecule has 1 aromatic carbocycles. The van der Waals surface area contributed by atoms with Crippen LogP contribution >= 0.6 is 0 Å². The average Bonchev–Trinajstić information content (AvgIpc) is 2.15. The van der Waals surface area contributed by atoms with Crippen LogP contribution < -0.4 is 5.73 Å². The normalized spacial score (nSPS) is 16.0. The lowest BCUT2D eigenvalue weighted by Gasteiger charge is -2.18. The summed E-state index contributed by atoms with van der Waals surface area (Å²) < 4.78 is 35.8. The van der Waals surface area contributed by atoms with Gasteiger partial charge in [0, 0.05) is 17.9 Å². The Bertz CT molecular complexity index is 444. The molecule has 5 heteroatoms. The smallest absolute Gasteiger partial charge is 0.151 e. The van der Waals surface area contributed by atoms with E-state index in [2.05, 4.69) is 0 Å². The number of benzene rings is 1. The van der Waals surface area contributed by atoms with Crippen molar-refractivity contribution in [2.24, 2.45) is 5.73 Å². The molecule has 3 nitrogen and oxygen atoms in total. The molecule has 2 atom stereocenters. The molecule has 1 aromatic rings. The monoisotopic (exact) mass is 231 g/mol. The van der Waals surface area contributed by atoms with Crippen LogP contribution in [-0.2, 0) is 9.84 Å². The molecular formula is C10H14FNO2S. The molecule has 2 unspecified atom stereocenters. The predicted molar refractivity (Wildman–Crippen MR) is 57.6 cm³/mol. The van der Waals surface area contributed by atoms with Crippen molar-refractivity contribution in [2.75, 3.05) is 6.26 Å². The summed E-state index contributed by atoms with van der Waals surface area (Å²) in [6, 6.07) is 5.11. The molecule has 15 heavy (non-hydrogen) atoms. The first-order valence-electron chi connectivity index (χ1n) is 4.53. The molecule has 0 saturated carbocycles. The highest BCUT2D eigenvalue weighted by Gasteiger charge is 2.25. The summed E-state index contributed by atoms with van der Waals surface area (Å²) in [7, 11) is -3.26. The summed E-state index contributed by atoms with van der Waals surface area (Å²) in [5.41, 5.74) is 5.94. The molecule has 0 spiro atoms. The van der Waals surface area contributed by atoms with E-state index < -0.39 is 26.9 Å². The number of hydrogen-bond acceptors (Lipinski definition) is 3. The summed E-state index contributed by atoms with van der Waals surface area (Å²) in [4.78, 5) is 0. The Labute approximate surface area is 89.0 Å². The Morgan fingerprint density at radius 2 is 1.87 bits per heavy atom. The molecule has 84 valence electrons. The fraction of sp³-hybridized carbons (Fsp3) is 0.400. The molecule has 0 radical (unpaired) electrons. The summed E-state index contributed by atoms with van der Waals surface area (Å²) in [6.07, 6.45) is 1.10. The minimum Gasteiger partial charge on any atom is -0.323 e. The number of hydrogen-bond donors (Lipinski definition) is 1. The molecule has 0 heterocycles. The Hall–Kier alpha value is -0.940. The van der Waals surface area contributed by atoms with Crippen molar-refractivity contribution < 1.29 is 12.8 Å². The third kappa shape index (κ3) is 2.76. The van der Waals surface area contributed by atoms with Gasteiger partial charge in [-0.1, -0.05) is 18.2 Å². The lowest BCUT2D eigenvalue weighted by atomic mass is 10.0. The van der Waals surface area contributed by atoms with Crippen LogP contribution in [0.25, 0.3) is 0 Å². The highest BCUT2D eigenvalue weighted by Crippen LogP contribution is 2.21. The van der Waals surface area contributed by atoms with Crippen LogP contribution in [0.4, 0.5) is 4.39 Å². The fourth-order valence-corrected chi connectivity index (χ4v) is 1.94. The van der Waals surface area contributed by atoms with Gasteiger partial charge in [0.2, 0.25) is 0 Å². The van der Waals surface area contributed by atoms with Gasteiger partial charge in [0.25, 0.3) is 0 Å². The largest absolute Gasteiger partial charge is 0.323 e. The van der Waals surface area contributed by atoms with Gasteiger partial charge in [0.05, 0.1) is 5.25 Å². The first kappa shape index (κ1) is 12.1. The summed E-state index contributed by atoms with van der Waals surface area (Å²) in [6.45, 7) is 1.48.